The molecule has 5 aromatic rings. The molecule has 0 bridgehead atoms. The van der Waals surface area contributed by atoms with Crippen LogP contribution in [-0.2, 0) is 6.42 Å². The molecular weight excluding hydrogens is 503 g/mol. The maximum Gasteiger partial charge on any atom is 0.243 e. The first-order valence-corrected chi connectivity index (χ1v) is 15.4. The Labute approximate surface area is 252 Å². The zero-order valence-corrected chi connectivity index (χ0v) is 25.3. The summed E-state index contributed by atoms with van der Waals surface area (Å²) in [6.07, 6.45) is 14.6. The number of hydrogen-bond donors (Lipinski definition) is 0. The Bertz CT molecular complexity index is 1830. The molecule has 0 aromatic heterocycles. The molecule has 0 nitrogen and oxygen atoms in total. The summed E-state index contributed by atoms with van der Waals surface area (Å²) in [7, 11) is 0. The van der Waals surface area contributed by atoms with E-state index >= 15 is 0 Å². The molecule has 0 heterocycles. The van der Waals surface area contributed by atoms with Crippen molar-refractivity contribution in [3.8, 4) is 11.1 Å². The zero-order valence-electron chi connectivity index (χ0n) is 25.3. The Balaban J connectivity index is 1.54. The van der Waals surface area contributed by atoms with Crippen molar-refractivity contribution in [2.45, 2.75) is 47.0 Å². The van der Waals surface area contributed by atoms with E-state index in [1.807, 2.05) is 0 Å². The maximum absolute atomic E-state index is 2.43. The van der Waals surface area contributed by atoms with Gasteiger partial charge in [-0.25, -0.2) is 0 Å². The molecule has 0 aliphatic heterocycles. The van der Waals surface area contributed by atoms with Gasteiger partial charge >= 0.3 is 0 Å². The van der Waals surface area contributed by atoms with Crippen LogP contribution in [0.15, 0.2) is 121 Å². The van der Waals surface area contributed by atoms with Crippen LogP contribution in [0.3, 0.4) is 0 Å². The summed E-state index contributed by atoms with van der Waals surface area (Å²) < 4.78 is 0. The predicted octanol–water partition coefficient (Wildman–Crippen LogP) is 8.97. The summed E-state index contributed by atoms with van der Waals surface area (Å²) in [4.78, 5) is 0. The summed E-state index contributed by atoms with van der Waals surface area (Å²) in [6, 6.07) is 36.5. The van der Waals surface area contributed by atoms with Gasteiger partial charge in [0.15, 0.2) is 0 Å². The third-order valence-corrected chi connectivity index (χ3v) is 8.84. The quantitative estimate of drug-likeness (QED) is 0.142. The Morgan fingerprint density at radius 3 is 2.38 bits per heavy atom. The minimum atomic E-state index is 0.127. The Morgan fingerprint density at radius 2 is 1.57 bits per heavy atom. The Hall–Kier alpha value is -4.36. The molecule has 6 rings (SSSR count). The highest BCUT2D eigenvalue weighted by atomic mass is 14.2. The lowest BCUT2D eigenvalue weighted by Crippen LogP contribution is -2.55. The standard InChI is InChI=1S/C41H39B/c1-5-7-13-31(6-2)32-24-26-33(27-25-32)36-16-12-17-37(28-36)42(40-29(3)20-22-34-14-8-10-18-38(34)40)41-30(4)21-23-35-15-9-11-19-39(35)41/h6-8,10-14,16-28H,5,9,15H2,1-4H3/b13-7-,31-6+. The van der Waals surface area contributed by atoms with Crippen LogP contribution >= 0.6 is 0 Å². The molecule has 5 aromatic carbocycles. The fourth-order valence-electron chi connectivity index (χ4n) is 6.65. The van der Waals surface area contributed by atoms with Crippen molar-refractivity contribution in [1.29, 1.82) is 0 Å². The second kappa shape index (κ2) is 12.3. The highest BCUT2D eigenvalue weighted by molar-refractivity contribution is 6.97. The molecule has 1 heteroatoms. The van der Waals surface area contributed by atoms with Gasteiger partial charge in [0, 0.05) is 0 Å². The average molecular weight is 543 g/mol. The van der Waals surface area contributed by atoms with Crippen LogP contribution in [0.5, 0.6) is 0 Å². The molecular formula is C41H39B. The van der Waals surface area contributed by atoms with Crippen LogP contribution in [0.1, 0.15) is 54.5 Å². The van der Waals surface area contributed by atoms with E-state index in [0.29, 0.717) is 0 Å². The zero-order chi connectivity index (χ0) is 29.1. The molecule has 0 saturated carbocycles. The van der Waals surface area contributed by atoms with E-state index in [4.69, 9.17) is 0 Å². The third-order valence-electron chi connectivity index (χ3n) is 8.84. The van der Waals surface area contributed by atoms with Crippen LogP contribution in [0.4, 0.5) is 0 Å². The summed E-state index contributed by atoms with van der Waals surface area (Å²) in [5, 5.41) is 2.64. The van der Waals surface area contributed by atoms with Gasteiger partial charge in [-0.05, 0) is 84.2 Å². The van der Waals surface area contributed by atoms with Crippen LogP contribution in [0.25, 0.3) is 33.5 Å². The summed E-state index contributed by atoms with van der Waals surface area (Å²) in [5.41, 5.74) is 14.8. The number of benzene rings is 5. The van der Waals surface area contributed by atoms with E-state index in [0.717, 1.165) is 19.3 Å². The third kappa shape index (κ3) is 5.32. The van der Waals surface area contributed by atoms with E-state index < -0.39 is 0 Å². The molecule has 0 amide bonds. The molecule has 1 aliphatic carbocycles. The Kier molecular flexibility index (Phi) is 8.11. The van der Waals surface area contributed by atoms with Crippen molar-refractivity contribution in [3.63, 3.8) is 0 Å². The number of aryl methyl sites for hydroxylation is 3. The lowest BCUT2D eigenvalue weighted by molar-refractivity contribution is 0.987. The first-order chi connectivity index (χ1) is 20.6. The fourth-order valence-corrected chi connectivity index (χ4v) is 6.65. The summed E-state index contributed by atoms with van der Waals surface area (Å²) in [6.45, 7) is 8.99. The molecule has 0 fully saturated rings. The molecule has 42 heavy (non-hydrogen) atoms. The average Bonchev–Trinajstić information content (AvgIpc) is 3.04. The normalized spacial score (nSPS) is 13.1. The van der Waals surface area contributed by atoms with Gasteiger partial charge in [-0.3, -0.25) is 0 Å². The van der Waals surface area contributed by atoms with E-state index in [1.54, 1.807) is 0 Å². The fraction of sp³-hybridized carbons (Fsp3) is 0.171. The molecule has 0 saturated heterocycles. The van der Waals surface area contributed by atoms with Gasteiger partial charge in [-0.1, -0.05) is 162 Å². The second-order valence-corrected chi connectivity index (χ2v) is 11.5. The van der Waals surface area contributed by atoms with Gasteiger partial charge in [-0.15, -0.1) is 0 Å². The predicted molar refractivity (Wildman–Crippen MR) is 187 cm³/mol. The number of rotatable bonds is 7. The van der Waals surface area contributed by atoms with E-state index in [-0.39, 0.29) is 6.71 Å². The summed E-state index contributed by atoms with van der Waals surface area (Å²) in [5.74, 6) is 0. The highest BCUT2D eigenvalue weighted by Crippen LogP contribution is 2.25. The van der Waals surface area contributed by atoms with Crippen molar-refractivity contribution in [3.05, 3.63) is 149 Å². The molecule has 1 aliphatic rings. The maximum atomic E-state index is 2.43. The first-order valence-electron chi connectivity index (χ1n) is 15.4. The van der Waals surface area contributed by atoms with Gasteiger partial charge in [0.2, 0.25) is 6.71 Å². The van der Waals surface area contributed by atoms with Gasteiger partial charge in [-0.2, -0.15) is 0 Å². The van der Waals surface area contributed by atoms with Gasteiger partial charge in [0.25, 0.3) is 0 Å². The lowest BCUT2D eigenvalue weighted by atomic mass is 9.34. The van der Waals surface area contributed by atoms with Crippen LogP contribution in [0, 0.1) is 13.8 Å². The number of hydrogen-bond acceptors (Lipinski definition) is 0. The van der Waals surface area contributed by atoms with Crippen molar-refractivity contribution >= 4 is 45.5 Å². The SMILES string of the molecule is C/C=C(\C=C/CC)c1ccc(-c2cccc(B(c3c(C)ccc4c3C=CCC4)c3c(C)ccc4ccccc34)c2)cc1. The minimum Gasteiger partial charge on any atom is -0.0842 e. The van der Waals surface area contributed by atoms with Crippen molar-refractivity contribution < 1.29 is 0 Å². The molecule has 0 atom stereocenters. The Morgan fingerprint density at radius 1 is 0.786 bits per heavy atom. The summed E-state index contributed by atoms with van der Waals surface area (Å²) >= 11 is 0. The van der Waals surface area contributed by atoms with Crippen LogP contribution in [0.2, 0.25) is 0 Å². The van der Waals surface area contributed by atoms with E-state index in [2.05, 4.69) is 155 Å². The molecule has 206 valence electrons. The minimum absolute atomic E-state index is 0.127. The van der Waals surface area contributed by atoms with Gasteiger partial charge in [0.1, 0.15) is 0 Å². The second-order valence-electron chi connectivity index (χ2n) is 11.5. The first kappa shape index (κ1) is 27.8. The largest absolute Gasteiger partial charge is 0.243 e. The van der Waals surface area contributed by atoms with Gasteiger partial charge < -0.3 is 0 Å². The van der Waals surface area contributed by atoms with Crippen LogP contribution < -0.4 is 16.4 Å². The number of fused-ring (bicyclic) bond motifs is 2. The van der Waals surface area contributed by atoms with Crippen molar-refractivity contribution in [2.75, 3.05) is 0 Å². The number of allylic oxidation sites excluding steroid dienone is 5. The molecule has 0 radical (unpaired) electrons. The van der Waals surface area contributed by atoms with Crippen LogP contribution in [-0.4, -0.2) is 6.71 Å². The van der Waals surface area contributed by atoms with Gasteiger partial charge in [0.05, 0.1) is 0 Å². The molecule has 0 spiro atoms. The molecule has 0 unspecified atom stereocenters. The highest BCUT2D eigenvalue weighted by Gasteiger charge is 2.30. The topological polar surface area (TPSA) is 0 Å². The molecule has 0 N–H and O–H groups in total. The van der Waals surface area contributed by atoms with E-state index in [1.165, 1.54) is 71.7 Å². The smallest absolute Gasteiger partial charge is 0.0842 e. The van der Waals surface area contributed by atoms with Crippen molar-refractivity contribution in [2.24, 2.45) is 0 Å². The lowest BCUT2D eigenvalue weighted by Gasteiger charge is -2.26. The monoisotopic (exact) mass is 542 g/mol. The van der Waals surface area contributed by atoms with Crippen molar-refractivity contribution in [1.82, 2.24) is 0 Å². The van der Waals surface area contributed by atoms with E-state index in [9.17, 15) is 0 Å².